The Labute approximate surface area is 200 Å². The van der Waals surface area contributed by atoms with E-state index in [9.17, 15) is 14.4 Å². The quantitative estimate of drug-likeness (QED) is 0.572. The van der Waals surface area contributed by atoms with Crippen molar-refractivity contribution in [3.8, 4) is 5.75 Å². The molecule has 8 nitrogen and oxygen atoms in total. The van der Waals surface area contributed by atoms with E-state index < -0.39 is 23.8 Å². The number of hydrogen-bond acceptors (Lipinski definition) is 5. The Kier molecular flexibility index (Phi) is 7.55. The number of thiocarbonyl (C=S) groups is 1. The summed E-state index contributed by atoms with van der Waals surface area (Å²) in [7, 11) is 1.47. The van der Waals surface area contributed by atoms with Gasteiger partial charge < -0.3 is 10.1 Å². The number of amides is 3. The molecule has 1 aliphatic rings. The highest BCUT2D eigenvalue weighted by molar-refractivity contribution is 7.80. The molecule has 0 spiro atoms. The maximum Gasteiger partial charge on any atom is 0.271 e. The molecule has 0 bridgehead atoms. The van der Waals surface area contributed by atoms with Crippen LogP contribution in [0.25, 0.3) is 0 Å². The molecule has 1 fully saturated rings. The second-order valence-corrected chi connectivity index (χ2v) is 8.05. The number of anilines is 1. The first kappa shape index (κ1) is 23.8. The van der Waals surface area contributed by atoms with Crippen LogP contribution >= 0.6 is 35.4 Å². The molecule has 0 aliphatic carbocycles. The van der Waals surface area contributed by atoms with E-state index in [1.54, 1.807) is 24.3 Å². The number of rotatable bonds is 7. The van der Waals surface area contributed by atoms with Crippen molar-refractivity contribution in [2.45, 2.75) is 19.4 Å². The van der Waals surface area contributed by atoms with Crippen LogP contribution in [0.15, 0.2) is 42.5 Å². The smallest absolute Gasteiger partial charge is 0.271 e. The van der Waals surface area contributed by atoms with E-state index in [4.69, 9.17) is 40.2 Å². The summed E-state index contributed by atoms with van der Waals surface area (Å²) in [5, 5.41) is 4.50. The average Bonchev–Trinajstić information content (AvgIpc) is 2.92. The summed E-state index contributed by atoms with van der Waals surface area (Å²) in [6.07, 6.45) is -0.239. The van der Waals surface area contributed by atoms with Crippen molar-refractivity contribution in [1.82, 2.24) is 15.3 Å². The van der Waals surface area contributed by atoms with Crippen LogP contribution in [-0.4, -0.2) is 52.4 Å². The van der Waals surface area contributed by atoms with Crippen LogP contribution < -0.4 is 15.5 Å². The van der Waals surface area contributed by atoms with Crippen molar-refractivity contribution >= 4 is 63.9 Å². The van der Waals surface area contributed by atoms with Gasteiger partial charge in [0.1, 0.15) is 11.8 Å². The number of hydrogen-bond donors (Lipinski definition) is 2. The standard InChI is InChI=1S/C21H20Cl2N4O4S/c1-3-31-14-6-4-5-13(10-14)24-18(28)11-17-20(30)26(2)21(32)27(17)25-19(29)15-8-7-12(22)9-16(15)23/h4-10,17H,3,11H2,1-2H3,(H,24,28)(H,25,29). The summed E-state index contributed by atoms with van der Waals surface area (Å²) in [4.78, 5) is 39.3. The van der Waals surface area contributed by atoms with Gasteiger partial charge in [0.2, 0.25) is 5.91 Å². The minimum atomic E-state index is -1.02. The Hall–Kier alpha value is -2.88. The van der Waals surface area contributed by atoms with Crippen LogP contribution in [0.1, 0.15) is 23.7 Å². The minimum absolute atomic E-state index is 0.0598. The second-order valence-electron chi connectivity index (χ2n) is 6.84. The Morgan fingerprint density at radius 2 is 1.94 bits per heavy atom. The zero-order valence-electron chi connectivity index (χ0n) is 17.2. The summed E-state index contributed by atoms with van der Waals surface area (Å²) in [5.74, 6) is -0.835. The van der Waals surface area contributed by atoms with Gasteiger partial charge in [0.05, 0.1) is 23.6 Å². The fourth-order valence-corrected chi connectivity index (χ4v) is 3.85. The van der Waals surface area contributed by atoms with Gasteiger partial charge in [-0.3, -0.25) is 24.7 Å². The third-order valence-electron chi connectivity index (χ3n) is 4.63. The molecule has 0 saturated carbocycles. The molecular weight excluding hydrogens is 475 g/mol. The molecule has 0 radical (unpaired) electrons. The lowest BCUT2D eigenvalue weighted by molar-refractivity contribution is -0.130. The summed E-state index contributed by atoms with van der Waals surface area (Å²) in [5.41, 5.74) is 3.24. The Morgan fingerprint density at radius 1 is 1.19 bits per heavy atom. The molecule has 168 valence electrons. The largest absolute Gasteiger partial charge is 0.494 e. The number of benzene rings is 2. The molecule has 0 aromatic heterocycles. The van der Waals surface area contributed by atoms with Crippen molar-refractivity contribution in [2.75, 3.05) is 19.0 Å². The average molecular weight is 495 g/mol. The molecule has 2 aromatic rings. The number of nitrogens with one attached hydrogen (secondary N) is 2. The van der Waals surface area contributed by atoms with Gasteiger partial charge in [0.15, 0.2) is 5.11 Å². The van der Waals surface area contributed by atoms with Crippen molar-refractivity contribution in [3.05, 3.63) is 58.1 Å². The molecule has 2 aromatic carbocycles. The van der Waals surface area contributed by atoms with Gasteiger partial charge in [0.25, 0.3) is 11.8 Å². The normalized spacial score (nSPS) is 15.7. The SMILES string of the molecule is CCOc1cccc(NC(=O)CC2C(=O)N(C)C(=S)N2NC(=O)c2ccc(Cl)cc2Cl)c1. The monoisotopic (exact) mass is 494 g/mol. The summed E-state index contributed by atoms with van der Waals surface area (Å²) >= 11 is 17.3. The van der Waals surface area contributed by atoms with Crippen LogP contribution in [-0.2, 0) is 9.59 Å². The predicted molar refractivity (Wildman–Crippen MR) is 126 cm³/mol. The van der Waals surface area contributed by atoms with Gasteiger partial charge >= 0.3 is 0 Å². The fourth-order valence-electron chi connectivity index (χ4n) is 3.09. The molecule has 2 N–H and O–H groups in total. The molecule has 1 atom stereocenters. The number of likely N-dealkylation sites (N-methyl/N-ethyl adjacent to an activating group) is 1. The zero-order chi connectivity index (χ0) is 23.4. The zero-order valence-corrected chi connectivity index (χ0v) is 19.6. The molecule has 1 aliphatic heterocycles. The van der Waals surface area contributed by atoms with Crippen molar-refractivity contribution in [2.24, 2.45) is 0 Å². The molecule has 1 heterocycles. The molecule has 3 amide bonds. The summed E-state index contributed by atoms with van der Waals surface area (Å²) < 4.78 is 5.42. The number of hydrazine groups is 1. The van der Waals surface area contributed by atoms with Crippen LogP contribution in [0, 0.1) is 0 Å². The van der Waals surface area contributed by atoms with E-state index in [0.717, 1.165) is 0 Å². The highest BCUT2D eigenvalue weighted by Crippen LogP contribution is 2.23. The fraction of sp³-hybridized carbons (Fsp3) is 0.238. The van der Waals surface area contributed by atoms with Crippen LogP contribution in [0.2, 0.25) is 10.0 Å². The number of carbonyl (C=O) groups excluding carboxylic acids is 3. The molecule has 1 unspecified atom stereocenters. The van der Waals surface area contributed by atoms with Gasteiger partial charge in [-0.05, 0) is 49.5 Å². The van der Waals surface area contributed by atoms with Crippen molar-refractivity contribution < 1.29 is 19.1 Å². The first-order valence-electron chi connectivity index (χ1n) is 9.60. The lowest BCUT2D eigenvalue weighted by atomic mass is 10.2. The Balaban J connectivity index is 1.74. The number of nitrogens with zero attached hydrogens (tertiary/aromatic N) is 2. The Morgan fingerprint density at radius 3 is 2.62 bits per heavy atom. The van der Waals surface area contributed by atoms with E-state index in [-0.39, 0.29) is 22.1 Å². The van der Waals surface area contributed by atoms with Crippen LogP contribution in [0.5, 0.6) is 5.75 Å². The van der Waals surface area contributed by atoms with E-state index in [0.29, 0.717) is 23.1 Å². The molecular formula is C21H20Cl2N4O4S. The first-order chi connectivity index (χ1) is 15.2. The lowest BCUT2D eigenvalue weighted by Gasteiger charge is -2.24. The minimum Gasteiger partial charge on any atom is -0.494 e. The maximum absolute atomic E-state index is 12.7. The highest BCUT2D eigenvalue weighted by Gasteiger charge is 2.43. The lowest BCUT2D eigenvalue weighted by Crippen LogP contribution is -2.49. The third kappa shape index (κ3) is 5.29. The number of halogens is 2. The van der Waals surface area contributed by atoms with Gasteiger partial charge in [-0.2, -0.15) is 0 Å². The first-order valence-corrected chi connectivity index (χ1v) is 10.8. The van der Waals surface area contributed by atoms with E-state index >= 15 is 0 Å². The molecule has 1 saturated heterocycles. The third-order valence-corrected chi connectivity index (χ3v) is 5.64. The number of carbonyl (C=O) groups is 3. The summed E-state index contributed by atoms with van der Waals surface area (Å²) in [6.45, 7) is 2.35. The van der Waals surface area contributed by atoms with Crippen LogP contribution in [0.3, 0.4) is 0 Å². The predicted octanol–water partition coefficient (Wildman–Crippen LogP) is 3.49. The second kappa shape index (κ2) is 10.2. The van der Waals surface area contributed by atoms with Gasteiger partial charge in [-0.15, -0.1) is 0 Å². The molecule has 11 heteroatoms. The maximum atomic E-state index is 12.7. The van der Waals surface area contributed by atoms with E-state index in [1.165, 1.54) is 35.2 Å². The van der Waals surface area contributed by atoms with Crippen LogP contribution in [0.4, 0.5) is 5.69 Å². The summed E-state index contributed by atoms with van der Waals surface area (Å²) in [6, 6.07) is 10.3. The van der Waals surface area contributed by atoms with E-state index in [1.807, 2.05) is 6.92 Å². The topological polar surface area (TPSA) is 91.0 Å². The Bertz CT molecular complexity index is 1080. The van der Waals surface area contributed by atoms with Gasteiger partial charge in [-0.25, -0.2) is 5.01 Å². The van der Waals surface area contributed by atoms with Gasteiger partial charge in [-0.1, -0.05) is 29.3 Å². The molecule has 32 heavy (non-hydrogen) atoms. The van der Waals surface area contributed by atoms with E-state index in [2.05, 4.69) is 10.7 Å². The van der Waals surface area contributed by atoms with Gasteiger partial charge in [0, 0.05) is 23.8 Å². The van der Waals surface area contributed by atoms with Crippen molar-refractivity contribution in [3.63, 3.8) is 0 Å². The molecule has 3 rings (SSSR count). The highest BCUT2D eigenvalue weighted by atomic mass is 35.5. The number of ether oxygens (including phenoxy) is 1. The van der Waals surface area contributed by atoms with Crippen molar-refractivity contribution in [1.29, 1.82) is 0 Å².